The highest BCUT2D eigenvalue weighted by Crippen LogP contribution is 2.14. The number of likely N-dealkylation sites (N-methyl/N-ethyl adjacent to an activating group) is 1. The molecule has 0 aromatic heterocycles. The van der Waals surface area contributed by atoms with Gasteiger partial charge in [0.1, 0.15) is 5.82 Å². The van der Waals surface area contributed by atoms with Gasteiger partial charge in [-0.1, -0.05) is 36.4 Å². The van der Waals surface area contributed by atoms with Crippen molar-refractivity contribution < 1.29 is 9.18 Å². The third-order valence-corrected chi connectivity index (χ3v) is 3.22. The molecule has 2 aromatic carbocycles. The molecule has 0 saturated carbocycles. The average molecular weight is 286 g/mol. The van der Waals surface area contributed by atoms with Crippen LogP contribution in [0.25, 0.3) is 0 Å². The lowest BCUT2D eigenvalue weighted by molar-refractivity contribution is -0.119. The summed E-state index contributed by atoms with van der Waals surface area (Å²) in [5.41, 5.74) is 1.77. The normalized spacial score (nSPS) is 10.2. The van der Waals surface area contributed by atoms with Crippen LogP contribution in [0.2, 0.25) is 0 Å². The zero-order valence-electron chi connectivity index (χ0n) is 12.1. The smallest absolute Gasteiger partial charge is 0.239 e. The Morgan fingerprint density at radius 2 is 1.90 bits per heavy atom. The largest absolute Gasteiger partial charge is 0.362 e. The fourth-order valence-corrected chi connectivity index (χ4v) is 2.08. The predicted molar refractivity (Wildman–Crippen MR) is 82.6 cm³/mol. The van der Waals surface area contributed by atoms with Crippen LogP contribution < -0.4 is 10.2 Å². The number of amides is 1. The van der Waals surface area contributed by atoms with Crippen LogP contribution in [0.1, 0.15) is 12.5 Å². The van der Waals surface area contributed by atoms with Crippen molar-refractivity contribution in [3.05, 3.63) is 66.0 Å². The van der Waals surface area contributed by atoms with E-state index >= 15 is 0 Å². The zero-order valence-corrected chi connectivity index (χ0v) is 12.1. The minimum atomic E-state index is -0.296. The van der Waals surface area contributed by atoms with Gasteiger partial charge in [-0.2, -0.15) is 0 Å². The van der Waals surface area contributed by atoms with Crippen LogP contribution >= 0.6 is 0 Å². The first kappa shape index (κ1) is 15.0. The topological polar surface area (TPSA) is 32.3 Å². The van der Waals surface area contributed by atoms with Crippen molar-refractivity contribution in [3.63, 3.8) is 0 Å². The van der Waals surface area contributed by atoms with E-state index in [1.807, 2.05) is 42.2 Å². The zero-order chi connectivity index (χ0) is 15.1. The van der Waals surface area contributed by atoms with Crippen LogP contribution in [-0.2, 0) is 11.3 Å². The van der Waals surface area contributed by atoms with Crippen molar-refractivity contribution in [2.45, 2.75) is 13.5 Å². The fraction of sp³-hybridized carbons (Fsp3) is 0.235. The molecular weight excluding hydrogens is 267 g/mol. The minimum Gasteiger partial charge on any atom is -0.362 e. The van der Waals surface area contributed by atoms with Gasteiger partial charge in [0.15, 0.2) is 0 Å². The van der Waals surface area contributed by atoms with Gasteiger partial charge in [0.05, 0.1) is 6.54 Å². The lowest BCUT2D eigenvalue weighted by atomic mass is 10.2. The van der Waals surface area contributed by atoms with Gasteiger partial charge in [-0.25, -0.2) is 4.39 Å². The quantitative estimate of drug-likeness (QED) is 0.885. The molecule has 1 N–H and O–H groups in total. The summed E-state index contributed by atoms with van der Waals surface area (Å²) in [5, 5.41) is 2.87. The van der Waals surface area contributed by atoms with Gasteiger partial charge in [-0.05, 0) is 30.7 Å². The second-order valence-electron chi connectivity index (χ2n) is 4.76. The highest BCUT2D eigenvalue weighted by Gasteiger charge is 2.10. The molecule has 0 bridgehead atoms. The number of carbonyl (C=O) groups excluding carboxylic acids is 1. The molecule has 0 heterocycles. The summed E-state index contributed by atoms with van der Waals surface area (Å²) in [5.74, 6) is -0.374. The van der Waals surface area contributed by atoms with Crippen molar-refractivity contribution in [2.24, 2.45) is 0 Å². The molecule has 0 aliphatic carbocycles. The molecule has 0 fully saturated rings. The number of rotatable bonds is 6. The van der Waals surface area contributed by atoms with Crippen LogP contribution in [0.3, 0.4) is 0 Å². The summed E-state index contributed by atoms with van der Waals surface area (Å²) >= 11 is 0. The summed E-state index contributed by atoms with van der Waals surface area (Å²) in [6.07, 6.45) is 0. The van der Waals surface area contributed by atoms with E-state index in [1.165, 1.54) is 12.1 Å². The Morgan fingerprint density at radius 1 is 1.14 bits per heavy atom. The maximum Gasteiger partial charge on any atom is 0.239 e. The second-order valence-corrected chi connectivity index (χ2v) is 4.76. The molecule has 0 radical (unpaired) electrons. The van der Waals surface area contributed by atoms with Crippen LogP contribution in [0.15, 0.2) is 54.6 Å². The number of benzene rings is 2. The van der Waals surface area contributed by atoms with Gasteiger partial charge < -0.3 is 10.2 Å². The highest BCUT2D eigenvalue weighted by molar-refractivity contribution is 5.81. The number of nitrogens with zero attached hydrogens (tertiary/aromatic N) is 1. The average Bonchev–Trinajstić information content (AvgIpc) is 2.51. The van der Waals surface area contributed by atoms with Crippen LogP contribution in [0.4, 0.5) is 10.1 Å². The molecular formula is C17H19FN2O. The van der Waals surface area contributed by atoms with E-state index < -0.39 is 0 Å². The lowest BCUT2D eigenvalue weighted by Gasteiger charge is -2.22. The SMILES string of the molecule is CCN(CC(=O)NCc1ccccc1)c1cccc(F)c1. The van der Waals surface area contributed by atoms with E-state index in [-0.39, 0.29) is 18.3 Å². The Labute approximate surface area is 124 Å². The van der Waals surface area contributed by atoms with Gasteiger partial charge in [0.25, 0.3) is 0 Å². The van der Waals surface area contributed by atoms with Gasteiger partial charge in [-0.15, -0.1) is 0 Å². The number of hydrogen-bond acceptors (Lipinski definition) is 2. The molecule has 2 rings (SSSR count). The lowest BCUT2D eigenvalue weighted by Crippen LogP contribution is -2.37. The molecule has 21 heavy (non-hydrogen) atoms. The van der Waals surface area contributed by atoms with Crippen molar-refractivity contribution in [3.8, 4) is 0 Å². The summed E-state index contributed by atoms with van der Waals surface area (Å²) in [4.78, 5) is 13.8. The third-order valence-electron chi connectivity index (χ3n) is 3.22. The number of halogens is 1. The van der Waals surface area contributed by atoms with Crippen LogP contribution in [0.5, 0.6) is 0 Å². The van der Waals surface area contributed by atoms with Gasteiger partial charge in [-0.3, -0.25) is 4.79 Å². The van der Waals surface area contributed by atoms with Crippen LogP contribution in [0, 0.1) is 5.82 Å². The summed E-state index contributed by atoms with van der Waals surface area (Å²) in [6, 6.07) is 16.0. The van der Waals surface area contributed by atoms with E-state index in [1.54, 1.807) is 12.1 Å². The Bertz CT molecular complexity index is 586. The van der Waals surface area contributed by atoms with E-state index in [2.05, 4.69) is 5.32 Å². The molecule has 4 heteroatoms. The van der Waals surface area contributed by atoms with E-state index in [0.717, 1.165) is 5.56 Å². The molecule has 2 aromatic rings. The van der Waals surface area contributed by atoms with Gasteiger partial charge >= 0.3 is 0 Å². The van der Waals surface area contributed by atoms with Crippen molar-refractivity contribution in [1.82, 2.24) is 5.32 Å². The minimum absolute atomic E-state index is 0.0787. The molecule has 0 saturated heterocycles. The standard InChI is InChI=1S/C17H19FN2O/c1-2-20(16-10-6-9-15(18)11-16)13-17(21)19-12-14-7-4-3-5-8-14/h3-11H,2,12-13H2,1H3,(H,19,21). The molecule has 0 unspecified atom stereocenters. The third kappa shape index (κ3) is 4.60. The second kappa shape index (κ2) is 7.43. The molecule has 0 atom stereocenters. The first-order valence-electron chi connectivity index (χ1n) is 7.00. The molecule has 3 nitrogen and oxygen atoms in total. The van der Waals surface area contributed by atoms with Crippen molar-refractivity contribution in [2.75, 3.05) is 18.0 Å². The van der Waals surface area contributed by atoms with E-state index in [9.17, 15) is 9.18 Å². The summed E-state index contributed by atoms with van der Waals surface area (Å²) in [6.45, 7) is 3.30. The Hall–Kier alpha value is -2.36. The first-order chi connectivity index (χ1) is 10.2. The fourth-order valence-electron chi connectivity index (χ4n) is 2.08. The first-order valence-corrected chi connectivity index (χ1v) is 7.00. The predicted octanol–water partition coefficient (Wildman–Crippen LogP) is 2.97. The molecule has 0 aliphatic heterocycles. The molecule has 1 amide bonds. The molecule has 110 valence electrons. The number of nitrogens with one attached hydrogen (secondary N) is 1. The molecule has 0 spiro atoms. The van der Waals surface area contributed by atoms with Gasteiger partial charge in [0.2, 0.25) is 5.91 Å². The Morgan fingerprint density at radius 3 is 2.57 bits per heavy atom. The number of carbonyl (C=O) groups is 1. The number of anilines is 1. The van der Waals surface area contributed by atoms with Crippen LogP contribution in [-0.4, -0.2) is 19.0 Å². The van der Waals surface area contributed by atoms with Crippen molar-refractivity contribution >= 4 is 11.6 Å². The van der Waals surface area contributed by atoms with Crippen molar-refractivity contribution in [1.29, 1.82) is 0 Å². The van der Waals surface area contributed by atoms with E-state index in [4.69, 9.17) is 0 Å². The summed E-state index contributed by atoms with van der Waals surface area (Å²) < 4.78 is 13.2. The Balaban J connectivity index is 1.91. The Kier molecular flexibility index (Phi) is 5.32. The number of hydrogen-bond donors (Lipinski definition) is 1. The molecule has 0 aliphatic rings. The monoisotopic (exact) mass is 286 g/mol. The summed E-state index contributed by atoms with van der Waals surface area (Å²) in [7, 11) is 0. The van der Waals surface area contributed by atoms with E-state index in [0.29, 0.717) is 18.8 Å². The maximum atomic E-state index is 13.2. The maximum absolute atomic E-state index is 13.2. The van der Waals surface area contributed by atoms with Gasteiger partial charge in [0, 0.05) is 18.8 Å². The highest BCUT2D eigenvalue weighted by atomic mass is 19.1.